The van der Waals surface area contributed by atoms with Crippen molar-refractivity contribution in [3.05, 3.63) is 88.5 Å². The number of aryl methyl sites for hydroxylation is 1. The third kappa shape index (κ3) is 6.22. The Balaban J connectivity index is 1.80. The lowest BCUT2D eigenvalue weighted by molar-refractivity contribution is -0.139. The van der Waals surface area contributed by atoms with Crippen LogP contribution in [0.25, 0.3) is 11.1 Å². The summed E-state index contributed by atoms with van der Waals surface area (Å²) in [6.07, 6.45) is -0.0686. The number of rotatable bonds is 10. The molecule has 0 aliphatic carbocycles. The Morgan fingerprint density at radius 1 is 1.03 bits per heavy atom. The Morgan fingerprint density at radius 3 is 2.26 bits per heavy atom. The number of carbonyl (C=O) groups excluding carboxylic acids is 1. The van der Waals surface area contributed by atoms with Gasteiger partial charge in [0.1, 0.15) is 29.0 Å². The molecule has 0 radical (unpaired) electrons. The number of hydrogen-bond donors (Lipinski definition) is 2. The lowest BCUT2D eigenvalue weighted by Gasteiger charge is -2.17. The van der Waals surface area contributed by atoms with E-state index in [1.807, 2.05) is 38.1 Å². The fourth-order valence-electron chi connectivity index (χ4n) is 3.85. The van der Waals surface area contributed by atoms with Gasteiger partial charge in [0.25, 0.3) is 5.91 Å². The van der Waals surface area contributed by atoms with E-state index in [0.717, 1.165) is 40.5 Å². The molecule has 0 aliphatic heterocycles. The molecule has 3 aromatic carbocycles. The predicted octanol–water partition coefficient (Wildman–Crippen LogP) is 4.91. The smallest absolute Gasteiger partial charge is 0.326 e. The lowest BCUT2D eigenvalue weighted by Crippen LogP contribution is -2.42. The van der Waals surface area contributed by atoms with Crippen LogP contribution in [-0.2, 0) is 22.6 Å². The number of methoxy groups -OCH3 is 1. The molecule has 0 bridgehead atoms. The van der Waals surface area contributed by atoms with Gasteiger partial charge in [0.05, 0.1) is 13.7 Å². The van der Waals surface area contributed by atoms with Crippen LogP contribution in [0.1, 0.15) is 34.0 Å². The maximum absolute atomic E-state index is 13.9. The summed E-state index contributed by atoms with van der Waals surface area (Å²) in [6.45, 7) is 4.99. The molecular weight excluding hydrogens is 456 g/mol. The first-order valence-corrected chi connectivity index (χ1v) is 11.1. The molecular formula is C27H27F2NO5. The fraction of sp³-hybridized carbons (Fsp3) is 0.259. The van der Waals surface area contributed by atoms with Gasteiger partial charge < -0.3 is 19.9 Å². The van der Waals surface area contributed by atoms with Gasteiger partial charge in [0.15, 0.2) is 0 Å². The van der Waals surface area contributed by atoms with E-state index >= 15 is 0 Å². The van der Waals surface area contributed by atoms with E-state index in [-0.39, 0.29) is 6.42 Å². The minimum Gasteiger partial charge on any atom is -0.496 e. The van der Waals surface area contributed by atoms with Gasteiger partial charge in [-0.25, -0.2) is 13.6 Å². The summed E-state index contributed by atoms with van der Waals surface area (Å²) in [7, 11) is 1.59. The second kappa shape index (κ2) is 11.6. The van der Waals surface area contributed by atoms with Crippen molar-refractivity contribution in [1.29, 1.82) is 0 Å². The minimum atomic E-state index is -1.37. The number of carboxylic acids is 1. The molecule has 184 valence electrons. The molecule has 1 atom stereocenters. The largest absolute Gasteiger partial charge is 0.496 e. The monoisotopic (exact) mass is 483 g/mol. The Hall–Kier alpha value is -3.78. The minimum absolute atomic E-state index is 0.0686. The number of benzene rings is 3. The highest BCUT2D eigenvalue weighted by atomic mass is 19.1. The summed E-state index contributed by atoms with van der Waals surface area (Å²) in [4.78, 5) is 24.1. The van der Waals surface area contributed by atoms with Crippen LogP contribution in [0.5, 0.6) is 5.75 Å². The summed E-state index contributed by atoms with van der Waals surface area (Å²) in [5.74, 6) is -3.88. The summed E-state index contributed by atoms with van der Waals surface area (Å²) < 4.78 is 38.9. The van der Waals surface area contributed by atoms with Crippen molar-refractivity contribution in [2.45, 2.75) is 32.9 Å². The van der Waals surface area contributed by atoms with E-state index in [0.29, 0.717) is 24.5 Å². The summed E-state index contributed by atoms with van der Waals surface area (Å²) in [5, 5.41) is 11.8. The van der Waals surface area contributed by atoms with E-state index < -0.39 is 35.1 Å². The van der Waals surface area contributed by atoms with E-state index in [4.69, 9.17) is 9.47 Å². The molecule has 6 nitrogen and oxygen atoms in total. The zero-order valence-electron chi connectivity index (χ0n) is 19.7. The summed E-state index contributed by atoms with van der Waals surface area (Å²) >= 11 is 0. The third-order valence-corrected chi connectivity index (χ3v) is 5.53. The number of carboxylic acid groups (broad SMARTS) is 1. The van der Waals surface area contributed by atoms with Crippen molar-refractivity contribution in [2.75, 3.05) is 13.7 Å². The normalized spacial score (nSPS) is 11.7. The molecule has 0 aromatic heterocycles. The van der Waals surface area contributed by atoms with Crippen LogP contribution < -0.4 is 10.1 Å². The molecule has 0 fully saturated rings. The second-order valence-corrected chi connectivity index (χ2v) is 7.99. The SMILES string of the molecule is CCOCc1cc(C)c(-c2ccc(C[C@H](NC(=O)c3c(F)cccc3F)C(=O)O)cc2)c(OC)c1. The first kappa shape index (κ1) is 25.8. The van der Waals surface area contributed by atoms with Gasteiger partial charge in [0, 0.05) is 18.6 Å². The van der Waals surface area contributed by atoms with Crippen molar-refractivity contribution in [3.63, 3.8) is 0 Å². The van der Waals surface area contributed by atoms with Gasteiger partial charge in [-0.15, -0.1) is 0 Å². The Bertz CT molecular complexity index is 1190. The maximum atomic E-state index is 13.9. The molecule has 35 heavy (non-hydrogen) atoms. The number of hydrogen-bond acceptors (Lipinski definition) is 4. The molecule has 3 aromatic rings. The lowest BCUT2D eigenvalue weighted by atomic mass is 9.95. The number of halogens is 2. The van der Waals surface area contributed by atoms with Gasteiger partial charge >= 0.3 is 5.97 Å². The quantitative estimate of drug-likeness (QED) is 0.428. The van der Waals surface area contributed by atoms with Gasteiger partial charge in [0.2, 0.25) is 0 Å². The molecule has 0 saturated carbocycles. The maximum Gasteiger partial charge on any atom is 0.326 e. The zero-order valence-corrected chi connectivity index (χ0v) is 19.7. The molecule has 0 saturated heterocycles. The van der Waals surface area contributed by atoms with Crippen molar-refractivity contribution >= 4 is 11.9 Å². The van der Waals surface area contributed by atoms with Gasteiger partial charge in [-0.1, -0.05) is 36.4 Å². The van der Waals surface area contributed by atoms with Crippen molar-refractivity contribution in [2.24, 2.45) is 0 Å². The number of carbonyl (C=O) groups is 2. The van der Waals surface area contributed by atoms with E-state index in [1.54, 1.807) is 19.2 Å². The van der Waals surface area contributed by atoms with E-state index in [9.17, 15) is 23.5 Å². The average Bonchev–Trinajstić information content (AvgIpc) is 2.82. The average molecular weight is 484 g/mol. The molecule has 0 aliphatic rings. The van der Waals surface area contributed by atoms with Crippen LogP contribution in [0.15, 0.2) is 54.6 Å². The highest BCUT2D eigenvalue weighted by molar-refractivity contribution is 5.97. The highest BCUT2D eigenvalue weighted by Gasteiger charge is 2.25. The van der Waals surface area contributed by atoms with Gasteiger partial charge in [-0.3, -0.25) is 4.79 Å². The Kier molecular flexibility index (Phi) is 8.54. The standard InChI is InChI=1S/C27H27F2NO5/c1-4-35-15-18-12-16(2)24(23(14-18)34-3)19-10-8-17(9-11-19)13-22(27(32)33)30-26(31)25-20(28)6-5-7-21(25)29/h5-12,14,22H,4,13,15H2,1-3H3,(H,30,31)(H,32,33)/t22-/m0/s1. The Labute approximate surface area is 202 Å². The molecule has 1 amide bonds. The zero-order chi connectivity index (χ0) is 25.5. The molecule has 2 N–H and O–H groups in total. The summed E-state index contributed by atoms with van der Waals surface area (Å²) in [5.41, 5.74) is 3.57. The number of aliphatic carboxylic acids is 1. The second-order valence-electron chi connectivity index (χ2n) is 7.99. The van der Waals surface area contributed by atoms with E-state index in [1.165, 1.54) is 0 Å². The summed E-state index contributed by atoms with van der Waals surface area (Å²) in [6, 6.07) is 12.7. The molecule has 0 spiro atoms. The van der Waals surface area contributed by atoms with Crippen LogP contribution in [0.2, 0.25) is 0 Å². The number of nitrogens with one attached hydrogen (secondary N) is 1. The van der Waals surface area contributed by atoms with Crippen molar-refractivity contribution in [1.82, 2.24) is 5.32 Å². The van der Waals surface area contributed by atoms with Crippen LogP contribution in [-0.4, -0.2) is 36.7 Å². The number of amides is 1. The molecule has 3 rings (SSSR count). The van der Waals surface area contributed by atoms with Crippen molar-refractivity contribution in [3.8, 4) is 16.9 Å². The van der Waals surface area contributed by atoms with Gasteiger partial charge in [-0.2, -0.15) is 0 Å². The van der Waals surface area contributed by atoms with Crippen LogP contribution in [0, 0.1) is 18.6 Å². The number of ether oxygens (including phenoxy) is 2. The van der Waals surface area contributed by atoms with Crippen LogP contribution in [0.3, 0.4) is 0 Å². The first-order chi connectivity index (χ1) is 16.7. The molecule has 0 unspecified atom stereocenters. The highest BCUT2D eigenvalue weighted by Crippen LogP contribution is 2.35. The van der Waals surface area contributed by atoms with Crippen LogP contribution >= 0.6 is 0 Å². The molecule has 0 heterocycles. The van der Waals surface area contributed by atoms with Crippen molar-refractivity contribution < 1.29 is 33.0 Å². The topological polar surface area (TPSA) is 84.9 Å². The fourth-order valence-corrected chi connectivity index (χ4v) is 3.85. The first-order valence-electron chi connectivity index (χ1n) is 11.1. The third-order valence-electron chi connectivity index (χ3n) is 5.53. The predicted molar refractivity (Wildman–Crippen MR) is 127 cm³/mol. The Morgan fingerprint density at radius 2 is 1.69 bits per heavy atom. The van der Waals surface area contributed by atoms with Gasteiger partial charge in [-0.05, 0) is 54.3 Å². The molecule has 8 heteroatoms. The van der Waals surface area contributed by atoms with E-state index in [2.05, 4.69) is 5.32 Å². The van der Waals surface area contributed by atoms with Crippen LogP contribution in [0.4, 0.5) is 8.78 Å².